The van der Waals surface area contributed by atoms with Crippen molar-refractivity contribution in [2.45, 2.75) is 13.0 Å². The zero-order valence-corrected chi connectivity index (χ0v) is 12.6. The van der Waals surface area contributed by atoms with Gasteiger partial charge < -0.3 is 5.32 Å². The number of benzene rings is 2. The van der Waals surface area contributed by atoms with Gasteiger partial charge in [0.05, 0.1) is 0 Å². The Hall–Kier alpha value is -1.81. The average molecular weight is 331 g/mol. The van der Waals surface area contributed by atoms with Crippen LogP contribution in [-0.4, -0.2) is 12.6 Å². The highest BCUT2D eigenvalue weighted by Crippen LogP contribution is 2.30. The smallest absolute Gasteiger partial charge is 0.322 e. The number of hydrogen-bond donors (Lipinski definition) is 1. The van der Waals surface area contributed by atoms with Crippen LogP contribution in [0, 0.1) is 0 Å². The molecule has 2 aromatic carbocycles. The van der Waals surface area contributed by atoms with Gasteiger partial charge in [0.15, 0.2) is 0 Å². The average Bonchev–Trinajstić information content (AvgIpc) is 2.89. The maximum absolute atomic E-state index is 12.3. The zero-order valence-electron chi connectivity index (χ0n) is 11.0. The third-order valence-electron chi connectivity index (χ3n) is 3.47. The largest absolute Gasteiger partial charge is 0.334 e. The summed E-state index contributed by atoms with van der Waals surface area (Å²) in [5, 5.41) is 2.97. The van der Waals surface area contributed by atoms with Crippen molar-refractivity contribution in [3.63, 3.8) is 0 Å². The molecule has 3 rings (SSSR count). The minimum Gasteiger partial charge on any atom is -0.334 e. The Morgan fingerprint density at radius 2 is 2.00 bits per heavy atom. The summed E-state index contributed by atoms with van der Waals surface area (Å²) in [7, 11) is 0. The summed E-state index contributed by atoms with van der Waals surface area (Å²) >= 11 is 3.46. The van der Waals surface area contributed by atoms with Crippen molar-refractivity contribution in [3.05, 3.63) is 64.1 Å². The molecular weight excluding hydrogens is 316 g/mol. The Balaban J connectivity index is 1.68. The van der Waals surface area contributed by atoms with Gasteiger partial charge in [-0.1, -0.05) is 46.3 Å². The minimum absolute atomic E-state index is 0.0325. The third-order valence-corrected chi connectivity index (χ3v) is 3.96. The van der Waals surface area contributed by atoms with E-state index in [-0.39, 0.29) is 6.03 Å². The number of fused-ring (bicyclic) bond motifs is 1. The molecule has 1 aliphatic rings. The highest BCUT2D eigenvalue weighted by molar-refractivity contribution is 9.10. The highest BCUT2D eigenvalue weighted by Gasteiger charge is 2.24. The molecule has 0 aliphatic carbocycles. The van der Waals surface area contributed by atoms with Crippen molar-refractivity contribution in [2.24, 2.45) is 0 Å². The standard InChI is InChI=1S/C16H15BrN2O/c17-14-6-7-15-13(10-14)8-9-19(15)16(20)18-11-12-4-2-1-3-5-12/h1-7,10H,8-9,11H2,(H,18,20). The van der Waals surface area contributed by atoms with Gasteiger partial charge in [-0.25, -0.2) is 4.79 Å². The van der Waals surface area contributed by atoms with E-state index in [1.165, 1.54) is 5.56 Å². The molecule has 0 saturated carbocycles. The summed E-state index contributed by atoms with van der Waals surface area (Å²) in [5.74, 6) is 0. The van der Waals surface area contributed by atoms with Crippen LogP contribution in [-0.2, 0) is 13.0 Å². The first-order chi connectivity index (χ1) is 9.74. The van der Waals surface area contributed by atoms with Gasteiger partial charge in [0, 0.05) is 23.2 Å². The third kappa shape index (κ3) is 2.70. The number of amides is 2. The summed E-state index contributed by atoms with van der Waals surface area (Å²) in [6.45, 7) is 1.30. The van der Waals surface area contributed by atoms with E-state index in [4.69, 9.17) is 0 Å². The topological polar surface area (TPSA) is 32.3 Å². The van der Waals surface area contributed by atoms with Crippen LogP contribution in [0.4, 0.5) is 10.5 Å². The monoisotopic (exact) mass is 330 g/mol. The van der Waals surface area contributed by atoms with Crippen LogP contribution in [0.15, 0.2) is 53.0 Å². The van der Waals surface area contributed by atoms with Gasteiger partial charge in [0.2, 0.25) is 0 Å². The summed E-state index contributed by atoms with van der Waals surface area (Å²) in [6.07, 6.45) is 0.910. The summed E-state index contributed by atoms with van der Waals surface area (Å²) in [4.78, 5) is 14.1. The molecule has 0 fully saturated rings. The number of nitrogens with zero attached hydrogens (tertiary/aromatic N) is 1. The Labute approximate surface area is 126 Å². The molecule has 20 heavy (non-hydrogen) atoms. The fourth-order valence-corrected chi connectivity index (χ4v) is 2.86. The Morgan fingerprint density at radius 1 is 1.20 bits per heavy atom. The zero-order chi connectivity index (χ0) is 13.9. The maximum Gasteiger partial charge on any atom is 0.322 e. The Morgan fingerprint density at radius 3 is 2.80 bits per heavy atom. The van der Waals surface area contributed by atoms with Gasteiger partial charge in [0.25, 0.3) is 0 Å². The lowest BCUT2D eigenvalue weighted by atomic mass is 10.2. The number of carbonyl (C=O) groups is 1. The number of anilines is 1. The predicted octanol–water partition coefficient (Wildman–Crippen LogP) is 3.72. The normalized spacial score (nSPS) is 13.2. The molecule has 2 aromatic rings. The fraction of sp³-hybridized carbons (Fsp3) is 0.188. The van der Waals surface area contributed by atoms with Crippen LogP contribution >= 0.6 is 15.9 Å². The van der Waals surface area contributed by atoms with Crippen molar-refractivity contribution in [2.75, 3.05) is 11.4 Å². The SMILES string of the molecule is O=C(NCc1ccccc1)N1CCc2cc(Br)ccc21. The van der Waals surface area contributed by atoms with E-state index in [2.05, 4.69) is 27.3 Å². The maximum atomic E-state index is 12.3. The van der Waals surface area contributed by atoms with Crippen LogP contribution in [0.5, 0.6) is 0 Å². The molecule has 0 unspecified atom stereocenters. The lowest BCUT2D eigenvalue weighted by Gasteiger charge is -2.18. The summed E-state index contributed by atoms with van der Waals surface area (Å²) in [5.41, 5.74) is 3.34. The lowest BCUT2D eigenvalue weighted by molar-refractivity contribution is 0.246. The molecule has 0 spiro atoms. The quantitative estimate of drug-likeness (QED) is 0.894. The molecule has 0 aromatic heterocycles. The first kappa shape index (κ1) is 13.2. The van der Waals surface area contributed by atoms with E-state index in [1.807, 2.05) is 47.4 Å². The second-order valence-electron chi connectivity index (χ2n) is 4.82. The van der Waals surface area contributed by atoms with Crippen LogP contribution in [0.1, 0.15) is 11.1 Å². The van der Waals surface area contributed by atoms with E-state index >= 15 is 0 Å². The molecule has 0 atom stereocenters. The Bertz CT molecular complexity index is 628. The van der Waals surface area contributed by atoms with Crippen molar-refractivity contribution >= 4 is 27.6 Å². The second-order valence-corrected chi connectivity index (χ2v) is 5.73. The first-order valence-corrected chi connectivity index (χ1v) is 7.41. The molecule has 0 radical (unpaired) electrons. The van der Waals surface area contributed by atoms with Crippen LogP contribution in [0.25, 0.3) is 0 Å². The molecule has 2 amide bonds. The molecule has 1 heterocycles. The molecule has 1 N–H and O–H groups in total. The van der Waals surface area contributed by atoms with E-state index in [0.29, 0.717) is 6.54 Å². The van der Waals surface area contributed by atoms with E-state index in [0.717, 1.165) is 28.7 Å². The molecule has 0 bridgehead atoms. The van der Waals surface area contributed by atoms with Crippen LogP contribution < -0.4 is 10.2 Å². The number of urea groups is 1. The van der Waals surface area contributed by atoms with Crippen LogP contribution in [0.2, 0.25) is 0 Å². The van der Waals surface area contributed by atoms with Crippen molar-refractivity contribution in [3.8, 4) is 0 Å². The summed E-state index contributed by atoms with van der Waals surface area (Å²) in [6, 6.07) is 16.0. The molecule has 4 heteroatoms. The molecule has 102 valence electrons. The van der Waals surface area contributed by atoms with Gasteiger partial charge in [-0.15, -0.1) is 0 Å². The van der Waals surface area contributed by atoms with Crippen molar-refractivity contribution in [1.29, 1.82) is 0 Å². The molecular formula is C16H15BrN2O. The fourth-order valence-electron chi connectivity index (χ4n) is 2.45. The van der Waals surface area contributed by atoms with E-state index in [9.17, 15) is 4.79 Å². The number of hydrogen-bond acceptors (Lipinski definition) is 1. The van der Waals surface area contributed by atoms with Gasteiger partial charge in [-0.05, 0) is 35.7 Å². The van der Waals surface area contributed by atoms with Crippen LogP contribution in [0.3, 0.4) is 0 Å². The number of halogens is 1. The second kappa shape index (κ2) is 5.67. The van der Waals surface area contributed by atoms with Crippen molar-refractivity contribution in [1.82, 2.24) is 5.32 Å². The number of nitrogens with one attached hydrogen (secondary N) is 1. The van der Waals surface area contributed by atoms with E-state index in [1.54, 1.807) is 0 Å². The first-order valence-electron chi connectivity index (χ1n) is 6.62. The Kier molecular flexibility index (Phi) is 3.74. The van der Waals surface area contributed by atoms with E-state index < -0.39 is 0 Å². The van der Waals surface area contributed by atoms with Gasteiger partial charge in [-0.3, -0.25) is 4.90 Å². The molecule has 0 saturated heterocycles. The lowest BCUT2D eigenvalue weighted by Crippen LogP contribution is -2.38. The number of carbonyl (C=O) groups excluding carboxylic acids is 1. The van der Waals surface area contributed by atoms with Gasteiger partial charge in [-0.2, -0.15) is 0 Å². The summed E-state index contributed by atoms with van der Waals surface area (Å²) < 4.78 is 1.06. The highest BCUT2D eigenvalue weighted by atomic mass is 79.9. The van der Waals surface area contributed by atoms with Gasteiger partial charge in [0.1, 0.15) is 0 Å². The van der Waals surface area contributed by atoms with Crippen molar-refractivity contribution < 1.29 is 4.79 Å². The minimum atomic E-state index is -0.0325. The van der Waals surface area contributed by atoms with Gasteiger partial charge >= 0.3 is 6.03 Å². The molecule has 1 aliphatic heterocycles. The predicted molar refractivity (Wildman–Crippen MR) is 83.9 cm³/mol. The number of rotatable bonds is 2. The molecule has 3 nitrogen and oxygen atoms in total.